The Labute approximate surface area is 206 Å². The van der Waals surface area contributed by atoms with Gasteiger partial charge in [0, 0.05) is 27.4 Å². The number of hydrogen-bond acceptors (Lipinski definition) is 6. The number of rotatable bonds is 6. The van der Waals surface area contributed by atoms with Crippen LogP contribution in [0.1, 0.15) is 44.5 Å². The zero-order valence-corrected chi connectivity index (χ0v) is 21.7. The van der Waals surface area contributed by atoms with Gasteiger partial charge in [-0.2, -0.15) is 9.78 Å². The van der Waals surface area contributed by atoms with Crippen LogP contribution in [0.15, 0.2) is 43.1 Å². The molecule has 32 heavy (non-hydrogen) atoms. The van der Waals surface area contributed by atoms with Crippen molar-refractivity contribution >= 4 is 66.5 Å². The second kappa shape index (κ2) is 10.1. The summed E-state index contributed by atoms with van der Waals surface area (Å²) in [4.78, 5) is 29.4. The van der Waals surface area contributed by atoms with E-state index < -0.39 is 5.97 Å². The van der Waals surface area contributed by atoms with Crippen LogP contribution in [0.5, 0.6) is 11.5 Å². The monoisotopic (exact) mass is 583 g/mol. The van der Waals surface area contributed by atoms with Crippen LogP contribution in [-0.4, -0.2) is 29.0 Å². The maximum absolute atomic E-state index is 13.3. The first-order chi connectivity index (χ1) is 15.2. The molecule has 2 aromatic carbocycles. The molecule has 0 radical (unpaired) electrons. The Balaban J connectivity index is 2.20. The molecular weight excluding hydrogens is 566 g/mol. The van der Waals surface area contributed by atoms with Gasteiger partial charge in [0.05, 0.1) is 24.2 Å². The van der Waals surface area contributed by atoms with E-state index in [1.54, 1.807) is 18.2 Å². The van der Waals surface area contributed by atoms with Gasteiger partial charge < -0.3 is 9.47 Å². The molecule has 168 valence electrons. The Morgan fingerprint density at radius 2 is 2.06 bits per heavy atom. The number of ether oxygens (including phenoxy) is 2. The normalized spacial score (nSPS) is 12.3. The first kappa shape index (κ1) is 24.4. The van der Waals surface area contributed by atoms with E-state index in [2.05, 4.69) is 41.9 Å². The van der Waals surface area contributed by atoms with E-state index >= 15 is 0 Å². The number of aromatic nitrogens is 2. The minimum Gasteiger partial charge on any atom is -0.493 e. The molecule has 0 aliphatic rings. The van der Waals surface area contributed by atoms with Crippen molar-refractivity contribution in [3.05, 3.63) is 60.0 Å². The Bertz CT molecular complexity index is 1290. The van der Waals surface area contributed by atoms with Crippen molar-refractivity contribution in [3.63, 3.8) is 0 Å². The summed E-state index contributed by atoms with van der Waals surface area (Å²) in [7, 11) is 1.43. The first-order valence-corrected chi connectivity index (χ1v) is 11.6. The summed E-state index contributed by atoms with van der Waals surface area (Å²) < 4.78 is 13.0. The molecule has 0 amide bonds. The fourth-order valence-electron chi connectivity index (χ4n) is 2.99. The molecule has 0 saturated heterocycles. The molecule has 1 aromatic heterocycles. The fourth-order valence-corrected chi connectivity index (χ4v) is 3.99. The van der Waals surface area contributed by atoms with Gasteiger partial charge in [0.25, 0.3) is 5.56 Å². The SMILES string of the molecule is CC[C@@H](C)c1nc2ccc(Br)cc2c(=O)n1N=Cc1cc(OC)c(OC(C)=O)c(Cl)c1Br. The lowest BCUT2D eigenvalue weighted by molar-refractivity contribution is -0.132. The number of carbonyl (C=O) groups is 1. The Hall–Kier alpha value is -2.23. The number of halogens is 3. The summed E-state index contributed by atoms with van der Waals surface area (Å²) >= 11 is 13.2. The van der Waals surface area contributed by atoms with Gasteiger partial charge in [-0.25, -0.2) is 4.98 Å². The average Bonchev–Trinajstić information content (AvgIpc) is 2.76. The number of nitrogens with zero attached hydrogens (tertiary/aromatic N) is 3. The third kappa shape index (κ3) is 4.89. The van der Waals surface area contributed by atoms with Gasteiger partial charge in [0.15, 0.2) is 11.5 Å². The first-order valence-electron chi connectivity index (χ1n) is 9.68. The van der Waals surface area contributed by atoms with Crippen molar-refractivity contribution in [1.29, 1.82) is 0 Å². The lowest BCUT2D eigenvalue weighted by Gasteiger charge is -2.15. The molecule has 0 unspecified atom stereocenters. The van der Waals surface area contributed by atoms with Crippen LogP contribution < -0.4 is 15.0 Å². The summed E-state index contributed by atoms with van der Waals surface area (Å²) in [6, 6.07) is 6.98. The molecule has 1 atom stereocenters. The Morgan fingerprint density at radius 1 is 1.34 bits per heavy atom. The van der Waals surface area contributed by atoms with Crippen LogP contribution in [0.4, 0.5) is 0 Å². The van der Waals surface area contributed by atoms with Crippen LogP contribution in [-0.2, 0) is 4.79 Å². The number of hydrogen-bond donors (Lipinski definition) is 0. The highest BCUT2D eigenvalue weighted by molar-refractivity contribution is 9.10. The summed E-state index contributed by atoms with van der Waals surface area (Å²) in [5, 5.41) is 5.04. The summed E-state index contributed by atoms with van der Waals surface area (Å²) in [5.41, 5.74) is 0.851. The van der Waals surface area contributed by atoms with E-state index in [0.29, 0.717) is 26.8 Å². The topological polar surface area (TPSA) is 82.8 Å². The molecule has 10 heteroatoms. The number of methoxy groups -OCH3 is 1. The molecule has 0 saturated carbocycles. The van der Waals surface area contributed by atoms with Crippen LogP contribution in [0.2, 0.25) is 5.02 Å². The lowest BCUT2D eigenvalue weighted by Crippen LogP contribution is -2.23. The fraction of sp³-hybridized carbons (Fsp3) is 0.273. The zero-order valence-electron chi connectivity index (χ0n) is 17.8. The van der Waals surface area contributed by atoms with Crippen LogP contribution in [0.3, 0.4) is 0 Å². The minimum absolute atomic E-state index is 0.000745. The van der Waals surface area contributed by atoms with Crippen LogP contribution in [0.25, 0.3) is 10.9 Å². The number of fused-ring (bicyclic) bond motifs is 1. The number of esters is 1. The van der Waals surface area contributed by atoms with Crippen molar-refractivity contribution in [2.75, 3.05) is 7.11 Å². The average molecular weight is 586 g/mol. The quantitative estimate of drug-likeness (QED) is 0.204. The van der Waals surface area contributed by atoms with Gasteiger partial charge in [-0.3, -0.25) is 9.59 Å². The molecule has 0 fully saturated rings. The molecule has 1 heterocycles. The predicted molar refractivity (Wildman–Crippen MR) is 132 cm³/mol. The van der Waals surface area contributed by atoms with Crippen LogP contribution in [0, 0.1) is 0 Å². The van der Waals surface area contributed by atoms with Gasteiger partial charge in [0.2, 0.25) is 0 Å². The Kier molecular flexibility index (Phi) is 7.74. The van der Waals surface area contributed by atoms with E-state index in [-0.39, 0.29) is 28.0 Å². The van der Waals surface area contributed by atoms with Gasteiger partial charge in [-0.15, -0.1) is 0 Å². The van der Waals surface area contributed by atoms with E-state index in [4.69, 9.17) is 21.1 Å². The molecule has 3 aromatic rings. The summed E-state index contributed by atoms with van der Waals surface area (Å²) in [6.07, 6.45) is 2.26. The highest BCUT2D eigenvalue weighted by Crippen LogP contribution is 2.42. The van der Waals surface area contributed by atoms with E-state index in [9.17, 15) is 9.59 Å². The molecular formula is C22H20Br2ClN3O4. The molecule has 0 N–H and O–H groups in total. The van der Waals surface area contributed by atoms with Gasteiger partial charge in [-0.05, 0) is 46.6 Å². The van der Waals surface area contributed by atoms with E-state index in [1.807, 2.05) is 19.9 Å². The van der Waals surface area contributed by atoms with Gasteiger partial charge in [-0.1, -0.05) is 41.4 Å². The summed E-state index contributed by atoms with van der Waals surface area (Å²) in [6.45, 7) is 5.28. The molecule has 0 spiro atoms. The van der Waals surface area contributed by atoms with Crippen molar-refractivity contribution < 1.29 is 14.3 Å². The van der Waals surface area contributed by atoms with Crippen molar-refractivity contribution in [1.82, 2.24) is 9.66 Å². The highest BCUT2D eigenvalue weighted by atomic mass is 79.9. The molecule has 3 rings (SSSR count). The lowest BCUT2D eigenvalue weighted by atomic mass is 10.1. The van der Waals surface area contributed by atoms with E-state index in [1.165, 1.54) is 24.9 Å². The minimum atomic E-state index is -0.531. The second-order valence-corrected chi connectivity index (χ2v) is 9.11. The Morgan fingerprint density at radius 3 is 2.69 bits per heavy atom. The summed E-state index contributed by atoms with van der Waals surface area (Å²) in [5.74, 6) is 0.372. The molecule has 0 bridgehead atoms. The predicted octanol–water partition coefficient (Wildman–Crippen LogP) is 5.90. The highest BCUT2D eigenvalue weighted by Gasteiger charge is 2.19. The van der Waals surface area contributed by atoms with Gasteiger partial charge >= 0.3 is 5.97 Å². The zero-order chi connectivity index (χ0) is 23.6. The van der Waals surface area contributed by atoms with Gasteiger partial charge in [0.1, 0.15) is 10.8 Å². The third-order valence-electron chi connectivity index (χ3n) is 4.82. The smallest absolute Gasteiger partial charge is 0.308 e. The van der Waals surface area contributed by atoms with E-state index in [0.717, 1.165) is 10.9 Å². The molecule has 7 nitrogen and oxygen atoms in total. The van der Waals surface area contributed by atoms with Crippen molar-refractivity contribution in [3.8, 4) is 11.5 Å². The van der Waals surface area contributed by atoms with Crippen molar-refractivity contribution in [2.45, 2.75) is 33.1 Å². The number of benzene rings is 2. The second-order valence-electron chi connectivity index (χ2n) is 7.02. The van der Waals surface area contributed by atoms with Crippen molar-refractivity contribution in [2.24, 2.45) is 5.10 Å². The maximum Gasteiger partial charge on any atom is 0.308 e. The standard InChI is InChI=1S/C22H20Br2ClN3O4/c1-5-11(2)21-27-16-7-6-14(23)9-15(16)22(30)28(21)26-10-13-8-17(31-4)20(32-12(3)29)19(25)18(13)24/h6-11H,5H2,1-4H3/t11-/m1/s1. The van der Waals surface area contributed by atoms with Crippen LogP contribution >= 0.6 is 43.5 Å². The molecule has 0 aliphatic heterocycles. The number of carbonyl (C=O) groups excluding carboxylic acids is 1. The maximum atomic E-state index is 13.3. The third-order valence-corrected chi connectivity index (χ3v) is 6.76. The molecule has 0 aliphatic carbocycles. The largest absolute Gasteiger partial charge is 0.493 e.